The predicted octanol–water partition coefficient (Wildman–Crippen LogP) is 4.44. The molecule has 0 unspecified atom stereocenters. The van der Waals surface area contributed by atoms with E-state index in [0.717, 1.165) is 16.9 Å². The zero-order chi connectivity index (χ0) is 26.4. The van der Waals surface area contributed by atoms with Crippen molar-refractivity contribution in [3.05, 3.63) is 101 Å². The van der Waals surface area contributed by atoms with Crippen LogP contribution in [0.15, 0.2) is 84.4 Å². The molecular formula is C30H32N2O5. The van der Waals surface area contributed by atoms with Crippen molar-refractivity contribution in [1.29, 1.82) is 0 Å². The minimum Gasteiger partial charge on any atom is -0.507 e. The van der Waals surface area contributed by atoms with Crippen LogP contribution in [0.5, 0.6) is 11.5 Å². The van der Waals surface area contributed by atoms with Crippen molar-refractivity contribution in [2.75, 3.05) is 40.4 Å². The van der Waals surface area contributed by atoms with Gasteiger partial charge in [-0.3, -0.25) is 9.59 Å². The van der Waals surface area contributed by atoms with Crippen LogP contribution < -0.4 is 9.47 Å². The largest absolute Gasteiger partial charge is 0.507 e. The lowest BCUT2D eigenvalue weighted by Crippen LogP contribution is -2.35. The molecule has 3 aromatic carbocycles. The summed E-state index contributed by atoms with van der Waals surface area (Å²) < 4.78 is 11.6. The van der Waals surface area contributed by atoms with Crippen LogP contribution in [0.2, 0.25) is 0 Å². The number of para-hydroxylation sites is 1. The second-order valence-corrected chi connectivity index (χ2v) is 9.19. The maximum absolute atomic E-state index is 13.1. The number of rotatable bonds is 10. The SMILES string of the molecule is Cc1ccccc1OCCOc1ccc([C@H]2C(=C(O)c3ccccc3)C(=O)C(=O)N2CCN(C)C)cc1. The number of hydrogen-bond acceptors (Lipinski definition) is 6. The number of Topliss-reactive ketones (excluding diaryl/α,β-unsaturated/α-hetero) is 1. The highest BCUT2D eigenvalue weighted by Crippen LogP contribution is 2.39. The smallest absolute Gasteiger partial charge is 0.295 e. The number of aliphatic hydroxyl groups excluding tert-OH is 1. The van der Waals surface area contributed by atoms with Gasteiger partial charge in [0.15, 0.2) is 0 Å². The Morgan fingerprint density at radius 2 is 1.54 bits per heavy atom. The summed E-state index contributed by atoms with van der Waals surface area (Å²) in [6, 6.07) is 23.2. The van der Waals surface area contributed by atoms with Crippen molar-refractivity contribution in [3.8, 4) is 11.5 Å². The Hall–Kier alpha value is -4.10. The summed E-state index contributed by atoms with van der Waals surface area (Å²) in [5.74, 6) is -0.000377. The van der Waals surface area contributed by atoms with E-state index in [-0.39, 0.29) is 11.3 Å². The van der Waals surface area contributed by atoms with Gasteiger partial charge < -0.3 is 24.4 Å². The molecule has 1 fully saturated rings. The Bertz CT molecular complexity index is 1270. The third-order valence-corrected chi connectivity index (χ3v) is 6.27. The zero-order valence-electron chi connectivity index (χ0n) is 21.4. The summed E-state index contributed by atoms with van der Waals surface area (Å²) in [5.41, 5.74) is 2.37. The van der Waals surface area contributed by atoms with Crippen molar-refractivity contribution in [2.45, 2.75) is 13.0 Å². The average Bonchev–Trinajstić information content (AvgIpc) is 3.16. The normalized spacial score (nSPS) is 16.9. The molecule has 7 heteroatoms. The minimum atomic E-state index is -0.696. The van der Waals surface area contributed by atoms with Gasteiger partial charge in [0.2, 0.25) is 0 Å². The lowest BCUT2D eigenvalue weighted by atomic mass is 9.95. The predicted molar refractivity (Wildman–Crippen MR) is 143 cm³/mol. The number of benzene rings is 3. The lowest BCUT2D eigenvalue weighted by Gasteiger charge is -2.26. The molecule has 1 aliphatic heterocycles. The van der Waals surface area contributed by atoms with Gasteiger partial charge in [-0.15, -0.1) is 0 Å². The van der Waals surface area contributed by atoms with Gasteiger partial charge >= 0.3 is 0 Å². The Morgan fingerprint density at radius 3 is 2.22 bits per heavy atom. The van der Waals surface area contributed by atoms with E-state index < -0.39 is 17.7 Å². The Labute approximate surface area is 217 Å². The molecule has 0 saturated carbocycles. The number of carbonyl (C=O) groups excluding carboxylic acids is 2. The molecule has 0 aromatic heterocycles. The molecule has 1 atom stereocenters. The highest BCUT2D eigenvalue weighted by atomic mass is 16.5. The number of aliphatic hydroxyl groups is 1. The van der Waals surface area contributed by atoms with Gasteiger partial charge in [-0.1, -0.05) is 60.7 Å². The van der Waals surface area contributed by atoms with Gasteiger partial charge in [0.1, 0.15) is 30.5 Å². The quantitative estimate of drug-likeness (QED) is 0.192. The van der Waals surface area contributed by atoms with Gasteiger partial charge in [-0.05, 0) is 50.3 Å². The number of amides is 1. The van der Waals surface area contributed by atoms with Crippen molar-refractivity contribution in [1.82, 2.24) is 9.80 Å². The first kappa shape index (κ1) is 26.0. The average molecular weight is 501 g/mol. The summed E-state index contributed by atoms with van der Waals surface area (Å²) in [6.07, 6.45) is 0. The third kappa shape index (κ3) is 6.01. The Morgan fingerprint density at radius 1 is 0.892 bits per heavy atom. The van der Waals surface area contributed by atoms with Crippen LogP contribution in [0.25, 0.3) is 5.76 Å². The highest BCUT2D eigenvalue weighted by molar-refractivity contribution is 6.46. The second kappa shape index (κ2) is 11.8. The van der Waals surface area contributed by atoms with Gasteiger partial charge in [0.05, 0.1) is 11.6 Å². The standard InChI is InChI=1S/C30H32N2O5/c1-21-9-7-8-12-25(21)37-20-19-36-24-15-13-22(14-16-24)27-26(28(33)23-10-5-4-6-11-23)29(34)30(35)32(27)18-17-31(2)3/h4-16,27,33H,17-20H2,1-3H3/t27-/m0/s1. The molecular weight excluding hydrogens is 468 g/mol. The topological polar surface area (TPSA) is 79.3 Å². The van der Waals surface area contributed by atoms with E-state index in [0.29, 0.717) is 37.6 Å². The molecule has 3 aromatic rings. The van der Waals surface area contributed by atoms with Gasteiger partial charge in [-0.2, -0.15) is 0 Å². The number of likely N-dealkylation sites (tertiary alicyclic amines) is 1. The molecule has 0 spiro atoms. The van der Waals surface area contributed by atoms with Crippen LogP contribution in [-0.4, -0.2) is 67.0 Å². The number of hydrogen-bond donors (Lipinski definition) is 1. The molecule has 0 aliphatic carbocycles. The molecule has 37 heavy (non-hydrogen) atoms. The first-order valence-corrected chi connectivity index (χ1v) is 12.3. The highest BCUT2D eigenvalue weighted by Gasteiger charge is 2.45. The first-order chi connectivity index (χ1) is 17.9. The van der Waals surface area contributed by atoms with Crippen molar-refractivity contribution < 1.29 is 24.2 Å². The number of ketones is 1. The fourth-order valence-corrected chi connectivity index (χ4v) is 4.29. The molecule has 192 valence electrons. The molecule has 1 aliphatic rings. The molecule has 0 radical (unpaired) electrons. The van der Waals surface area contributed by atoms with Crippen LogP contribution in [0.1, 0.15) is 22.7 Å². The van der Waals surface area contributed by atoms with Crippen LogP contribution in [-0.2, 0) is 9.59 Å². The zero-order valence-corrected chi connectivity index (χ0v) is 21.4. The fraction of sp³-hybridized carbons (Fsp3) is 0.267. The van der Waals surface area contributed by atoms with Crippen LogP contribution >= 0.6 is 0 Å². The summed E-state index contributed by atoms with van der Waals surface area (Å²) in [6.45, 7) is 3.68. The van der Waals surface area contributed by atoms with Crippen molar-refractivity contribution in [2.24, 2.45) is 0 Å². The number of nitrogens with zero attached hydrogens (tertiary/aromatic N) is 2. The molecule has 0 bridgehead atoms. The monoisotopic (exact) mass is 500 g/mol. The Balaban J connectivity index is 1.54. The number of likely N-dealkylation sites (N-methyl/N-ethyl adjacent to an activating group) is 1. The van der Waals surface area contributed by atoms with Crippen molar-refractivity contribution in [3.63, 3.8) is 0 Å². The van der Waals surface area contributed by atoms with Crippen LogP contribution in [0.3, 0.4) is 0 Å². The molecule has 1 saturated heterocycles. The second-order valence-electron chi connectivity index (χ2n) is 9.19. The maximum Gasteiger partial charge on any atom is 0.295 e. The molecule has 4 rings (SSSR count). The first-order valence-electron chi connectivity index (χ1n) is 12.3. The number of aryl methyl sites for hydroxylation is 1. The van der Waals surface area contributed by atoms with E-state index in [1.807, 2.05) is 68.4 Å². The lowest BCUT2D eigenvalue weighted by molar-refractivity contribution is -0.140. The molecule has 1 heterocycles. The van der Waals surface area contributed by atoms with E-state index in [1.54, 1.807) is 36.4 Å². The van der Waals surface area contributed by atoms with Crippen LogP contribution in [0, 0.1) is 6.92 Å². The number of ether oxygens (including phenoxy) is 2. The van der Waals surface area contributed by atoms with Crippen LogP contribution in [0.4, 0.5) is 0 Å². The van der Waals surface area contributed by atoms with E-state index in [4.69, 9.17) is 9.47 Å². The fourth-order valence-electron chi connectivity index (χ4n) is 4.29. The number of carbonyl (C=O) groups is 2. The summed E-state index contributed by atoms with van der Waals surface area (Å²) in [7, 11) is 3.81. The summed E-state index contributed by atoms with van der Waals surface area (Å²) >= 11 is 0. The molecule has 1 N–H and O–H groups in total. The Kier molecular flexibility index (Phi) is 8.25. The maximum atomic E-state index is 13.1. The van der Waals surface area contributed by atoms with E-state index in [9.17, 15) is 14.7 Å². The summed E-state index contributed by atoms with van der Waals surface area (Å²) in [4.78, 5) is 29.6. The van der Waals surface area contributed by atoms with E-state index in [2.05, 4.69) is 0 Å². The van der Waals surface area contributed by atoms with Gasteiger partial charge in [0.25, 0.3) is 11.7 Å². The van der Waals surface area contributed by atoms with Gasteiger partial charge in [0, 0.05) is 18.7 Å². The van der Waals surface area contributed by atoms with E-state index >= 15 is 0 Å². The molecule has 7 nitrogen and oxygen atoms in total. The minimum absolute atomic E-state index is 0.0928. The third-order valence-electron chi connectivity index (χ3n) is 6.27. The molecule has 1 amide bonds. The van der Waals surface area contributed by atoms with Gasteiger partial charge in [-0.25, -0.2) is 0 Å². The van der Waals surface area contributed by atoms with E-state index in [1.165, 1.54) is 4.90 Å². The summed E-state index contributed by atoms with van der Waals surface area (Å²) in [5, 5.41) is 11.1. The van der Waals surface area contributed by atoms with Crippen molar-refractivity contribution >= 4 is 17.4 Å².